The quantitative estimate of drug-likeness (QED) is 0.0543. The fraction of sp³-hybridized carbons (Fsp3) is 0.390. The molecule has 3 aromatic carbocycles. The van der Waals surface area contributed by atoms with Crippen molar-refractivity contribution in [2.45, 2.75) is 81.7 Å². The van der Waals surface area contributed by atoms with Gasteiger partial charge in [-0.05, 0) is 72.2 Å². The molecule has 12 nitrogen and oxygen atoms in total. The molecule has 1 fully saturated rings. The number of nitrogens with one attached hydrogen (secondary N) is 2. The molecule has 7 rings (SSSR count). The molecule has 0 aliphatic heterocycles. The molecule has 2 aromatic heterocycles. The first-order valence-corrected chi connectivity index (χ1v) is 21.6. The average molecular weight is 965 g/mol. The number of benzene rings is 3. The van der Waals surface area contributed by atoms with Crippen molar-refractivity contribution >= 4 is 38.4 Å². The molecular formula is C41H36F12N8O4S. The topological polar surface area (TPSA) is 166 Å². The fourth-order valence-electron chi connectivity index (χ4n) is 8.36. The van der Waals surface area contributed by atoms with Crippen LogP contribution in [0.25, 0.3) is 16.6 Å². The van der Waals surface area contributed by atoms with Gasteiger partial charge in [0.15, 0.2) is 0 Å². The van der Waals surface area contributed by atoms with Gasteiger partial charge in [0.05, 0.1) is 34.6 Å². The first kappa shape index (κ1) is 47.8. The molecule has 25 heteroatoms. The molecule has 5 aromatic rings. The van der Waals surface area contributed by atoms with E-state index in [1.54, 1.807) is 0 Å². The highest BCUT2D eigenvalue weighted by Crippen LogP contribution is 2.68. The number of fused-ring (bicyclic) bond motifs is 4. The third kappa shape index (κ3) is 9.99. The highest BCUT2D eigenvalue weighted by atomic mass is 32.2. The molecule has 3 atom stereocenters. The van der Waals surface area contributed by atoms with Crippen LogP contribution in [0.15, 0.2) is 57.7 Å². The Labute approximate surface area is 366 Å². The molecule has 0 bridgehead atoms. The predicted molar refractivity (Wildman–Crippen MR) is 214 cm³/mol. The number of halogens is 12. The van der Waals surface area contributed by atoms with E-state index < -0.39 is 149 Å². The second-order valence-electron chi connectivity index (χ2n) is 15.9. The zero-order valence-electron chi connectivity index (χ0n) is 34.3. The smallest absolute Gasteiger partial charge is 0.386 e. The minimum absolute atomic E-state index is 0.0153. The van der Waals surface area contributed by atoms with Gasteiger partial charge in [0, 0.05) is 49.4 Å². The number of hydrogen-bond donors (Lipinski definition) is 3. The van der Waals surface area contributed by atoms with Crippen LogP contribution in [0.2, 0.25) is 0 Å². The van der Waals surface area contributed by atoms with Gasteiger partial charge in [-0.2, -0.15) is 40.2 Å². The van der Waals surface area contributed by atoms with Crippen LogP contribution >= 0.6 is 0 Å². The maximum absolute atomic E-state index is 15.5. The number of amidine groups is 1. The van der Waals surface area contributed by atoms with E-state index in [9.17, 15) is 61.9 Å². The summed E-state index contributed by atoms with van der Waals surface area (Å²) in [4.78, 5) is 33.5. The number of anilines is 1. The fourth-order valence-corrected chi connectivity index (χ4v) is 8.81. The number of nitrogens with two attached hydrogens (primary N) is 1. The molecule has 0 saturated heterocycles. The van der Waals surface area contributed by atoms with Crippen LogP contribution in [0.3, 0.4) is 0 Å². The van der Waals surface area contributed by atoms with Crippen LogP contribution in [0, 0.1) is 17.6 Å². The van der Waals surface area contributed by atoms with Crippen molar-refractivity contribution in [3.63, 3.8) is 0 Å². The lowest BCUT2D eigenvalue weighted by molar-refractivity contribution is -0.134. The second-order valence-corrected chi connectivity index (χ2v) is 17.6. The molecule has 2 heterocycles. The maximum Gasteiger partial charge on any atom is 0.389 e. The number of rotatable bonds is 15. The molecule has 354 valence electrons. The summed E-state index contributed by atoms with van der Waals surface area (Å²) in [5.41, 5.74) is 0.877. The first-order chi connectivity index (χ1) is 30.7. The van der Waals surface area contributed by atoms with Gasteiger partial charge in [0.2, 0.25) is 5.91 Å². The number of aromatic nitrogens is 4. The molecule has 2 aliphatic carbocycles. The number of sulfonamides is 1. The zero-order chi connectivity index (χ0) is 48.4. The van der Waals surface area contributed by atoms with Gasteiger partial charge in [-0.1, -0.05) is 12.1 Å². The van der Waals surface area contributed by atoms with E-state index in [1.807, 2.05) is 0 Å². The molecule has 1 saturated carbocycles. The number of carbonyl (C=O) groups excluding carboxylic acids is 1. The first-order valence-electron chi connectivity index (χ1n) is 19.8. The van der Waals surface area contributed by atoms with Crippen LogP contribution in [0.1, 0.15) is 82.7 Å². The van der Waals surface area contributed by atoms with Crippen molar-refractivity contribution in [1.82, 2.24) is 24.6 Å². The Morgan fingerprint density at radius 3 is 2.23 bits per heavy atom. The Kier molecular flexibility index (Phi) is 12.5. The standard InChI is InChI=1S/C41H36F12N8O4S/c1-55-32-28(6-4-20(8-10-40(49,50)51)30(32)36(54)59-66(2,64)65)61-37(57-26-13-18(7-9-39(46,47)48)3-5-23(26)38(61)63)27(14-19-11-21(42)15-22(43)12-19)56-29(62)17-60-34-31(33(58-60)35(44)45)24-16-25(24)41(34,52)53/h3-6,11-13,15,24-25,27,35,55H,7-10,14,16-17H2,1-2H3,(H2,54,59)(H,56,62)/t24?,25?,27-/m0/s1. The SMILES string of the molecule is CNc1c(-n2c([C@H](Cc3cc(F)cc(F)c3)NC(=O)Cn3nc(C(F)F)c4c3C(F)(F)C3CC43)nc3cc(CCC(F)(F)F)ccc3c2=O)ccc(CCC(F)(F)F)c1C(N)=NS(C)(=O)=O. The maximum atomic E-state index is 15.5. The van der Waals surface area contributed by atoms with Crippen LogP contribution in [-0.4, -0.2) is 65.1 Å². The lowest BCUT2D eigenvalue weighted by Gasteiger charge is -2.26. The predicted octanol–water partition coefficient (Wildman–Crippen LogP) is 7.80. The number of nitrogens with zero attached hydrogens (tertiary/aromatic N) is 5. The van der Waals surface area contributed by atoms with Crippen molar-refractivity contribution in [2.24, 2.45) is 16.0 Å². The van der Waals surface area contributed by atoms with Crippen molar-refractivity contribution in [2.75, 3.05) is 18.6 Å². The summed E-state index contributed by atoms with van der Waals surface area (Å²) in [5.74, 6) is -10.9. The number of aryl methyl sites for hydroxylation is 2. The zero-order valence-corrected chi connectivity index (χ0v) is 35.1. The monoisotopic (exact) mass is 964 g/mol. The molecular weight excluding hydrogens is 929 g/mol. The van der Waals surface area contributed by atoms with Crippen LogP contribution in [-0.2, 0) is 46.5 Å². The largest absolute Gasteiger partial charge is 0.389 e. The Balaban J connectivity index is 1.47. The second kappa shape index (κ2) is 17.3. The summed E-state index contributed by atoms with van der Waals surface area (Å²) in [5, 5.41) is 8.46. The van der Waals surface area contributed by atoms with Gasteiger partial charge in [-0.15, -0.1) is 4.40 Å². The van der Waals surface area contributed by atoms with Crippen molar-refractivity contribution < 1.29 is 65.9 Å². The normalized spacial score (nSPS) is 17.5. The lowest BCUT2D eigenvalue weighted by atomic mass is 9.97. The molecule has 0 spiro atoms. The average Bonchev–Trinajstić information content (AvgIpc) is 3.85. The highest BCUT2D eigenvalue weighted by Gasteiger charge is 2.67. The van der Waals surface area contributed by atoms with Crippen LogP contribution < -0.4 is 21.9 Å². The molecule has 66 heavy (non-hydrogen) atoms. The Morgan fingerprint density at radius 1 is 0.970 bits per heavy atom. The van der Waals surface area contributed by atoms with E-state index in [4.69, 9.17) is 5.73 Å². The van der Waals surface area contributed by atoms with Crippen LogP contribution in [0.5, 0.6) is 0 Å². The van der Waals surface area contributed by atoms with E-state index in [0.717, 1.165) is 41.0 Å². The summed E-state index contributed by atoms with van der Waals surface area (Å²) in [7, 11) is -3.14. The van der Waals surface area contributed by atoms with Gasteiger partial charge >= 0.3 is 12.4 Å². The van der Waals surface area contributed by atoms with Crippen molar-refractivity contribution in [3.05, 3.63) is 116 Å². The van der Waals surface area contributed by atoms with Crippen molar-refractivity contribution in [3.8, 4) is 5.69 Å². The van der Waals surface area contributed by atoms with E-state index >= 15 is 8.78 Å². The third-order valence-corrected chi connectivity index (χ3v) is 11.6. The number of alkyl halides is 10. The Morgan fingerprint density at radius 2 is 1.62 bits per heavy atom. The summed E-state index contributed by atoms with van der Waals surface area (Å²) in [6.07, 6.45) is -17.0. The van der Waals surface area contributed by atoms with Crippen LogP contribution in [0.4, 0.5) is 58.4 Å². The summed E-state index contributed by atoms with van der Waals surface area (Å²) in [6, 6.07) is 5.90. The van der Waals surface area contributed by atoms with E-state index in [2.05, 4.69) is 25.1 Å². The van der Waals surface area contributed by atoms with Gasteiger partial charge in [-0.3, -0.25) is 18.8 Å². The van der Waals surface area contributed by atoms with Gasteiger partial charge < -0.3 is 16.4 Å². The highest BCUT2D eigenvalue weighted by molar-refractivity contribution is 7.89. The van der Waals surface area contributed by atoms with E-state index in [0.29, 0.717) is 17.0 Å². The number of amides is 1. The molecule has 4 N–H and O–H groups in total. The third-order valence-electron chi connectivity index (χ3n) is 11.1. The molecule has 1 amide bonds. The summed E-state index contributed by atoms with van der Waals surface area (Å²) >= 11 is 0. The minimum atomic E-state index is -4.74. The van der Waals surface area contributed by atoms with E-state index in [1.165, 1.54) is 13.1 Å². The molecule has 2 aliphatic rings. The van der Waals surface area contributed by atoms with Gasteiger partial charge in [0.25, 0.3) is 27.9 Å². The molecule has 2 unspecified atom stereocenters. The van der Waals surface area contributed by atoms with E-state index in [-0.39, 0.29) is 45.4 Å². The van der Waals surface area contributed by atoms with Gasteiger partial charge in [-0.25, -0.2) is 31.0 Å². The number of carbonyl (C=O) groups is 1. The Hall–Kier alpha value is -6.14. The Bertz CT molecular complexity index is 2930. The minimum Gasteiger partial charge on any atom is -0.386 e. The van der Waals surface area contributed by atoms with Gasteiger partial charge in [0.1, 0.15) is 41.2 Å². The number of hydrogen-bond acceptors (Lipinski definition) is 7. The lowest BCUT2D eigenvalue weighted by Crippen LogP contribution is -2.38. The van der Waals surface area contributed by atoms with Crippen molar-refractivity contribution in [1.29, 1.82) is 0 Å². The summed E-state index contributed by atoms with van der Waals surface area (Å²) < 4.78 is 198. The molecule has 0 radical (unpaired) electrons. The summed E-state index contributed by atoms with van der Waals surface area (Å²) in [6.45, 7) is -1.16.